The predicted molar refractivity (Wildman–Crippen MR) is 126 cm³/mol. The maximum Gasteiger partial charge on any atom is 0.336 e. The molecule has 0 spiro atoms. The minimum absolute atomic E-state index is 0.128. The molecule has 0 bridgehead atoms. The molecule has 3 aromatic rings. The highest BCUT2D eigenvalue weighted by atomic mass is 16.6. The molecule has 0 aromatic heterocycles. The Balaban J connectivity index is 1.89. The fraction of sp³-hybridized carbons (Fsp3) is 0.214. The van der Waals surface area contributed by atoms with Crippen LogP contribution in [0.3, 0.4) is 0 Å². The molecule has 1 aliphatic rings. The minimum Gasteiger partial charge on any atom is -0.466 e. The number of hydrogen-bond acceptors (Lipinski definition) is 5. The van der Waals surface area contributed by atoms with Crippen LogP contribution in [0.5, 0.6) is 0 Å². The highest BCUT2D eigenvalue weighted by molar-refractivity contribution is 5.89. The molecule has 168 valence electrons. The van der Waals surface area contributed by atoms with Crippen molar-refractivity contribution in [3.63, 3.8) is 0 Å². The monoisotopic (exact) mass is 441 g/mol. The first-order valence-electron chi connectivity index (χ1n) is 10.9. The third kappa shape index (κ3) is 4.20. The Kier molecular flexibility index (Phi) is 6.43. The van der Waals surface area contributed by atoms with Crippen LogP contribution in [0.15, 0.2) is 103 Å². The van der Waals surface area contributed by atoms with E-state index in [9.17, 15) is 9.59 Å². The van der Waals surface area contributed by atoms with Gasteiger partial charge in [0.1, 0.15) is 6.10 Å². The highest BCUT2D eigenvalue weighted by Crippen LogP contribution is 2.49. The lowest BCUT2D eigenvalue weighted by molar-refractivity contribution is -0.147. The van der Waals surface area contributed by atoms with Gasteiger partial charge in [0.15, 0.2) is 0 Å². The van der Waals surface area contributed by atoms with Crippen molar-refractivity contribution >= 4 is 11.9 Å². The van der Waals surface area contributed by atoms with Crippen LogP contribution in [-0.4, -0.2) is 42.6 Å². The zero-order valence-corrected chi connectivity index (χ0v) is 18.8. The lowest BCUT2D eigenvalue weighted by Crippen LogP contribution is -2.42. The molecular weight excluding hydrogens is 414 g/mol. The number of ether oxygens (including phenoxy) is 2. The van der Waals surface area contributed by atoms with E-state index >= 15 is 0 Å². The summed E-state index contributed by atoms with van der Waals surface area (Å²) in [5.74, 6) is -1.06. The van der Waals surface area contributed by atoms with Gasteiger partial charge in [0.05, 0.1) is 24.3 Å². The molecule has 33 heavy (non-hydrogen) atoms. The van der Waals surface area contributed by atoms with Gasteiger partial charge in [-0.25, -0.2) is 4.79 Å². The summed E-state index contributed by atoms with van der Waals surface area (Å²) >= 11 is 0. The molecule has 0 amide bonds. The van der Waals surface area contributed by atoms with E-state index in [1.807, 2.05) is 54.6 Å². The van der Waals surface area contributed by atoms with E-state index in [1.165, 1.54) is 14.0 Å². The summed E-state index contributed by atoms with van der Waals surface area (Å²) in [6.45, 7) is 5.84. The SMILES string of the molecule is C=C(C(=O)OC)C(OC(C)=O)[C@@H]1CN1C(c1ccccc1)(c1ccccc1)c1ccccc1. The average Bonchev–Trinajstić information content (AvgIpc) is 3.65. The summed E-state index contributed by atoms with van der Waals surface area (Å²) < 4.78 is 10.5. The van der Waals surface area contributed by atoms with E-state index in [2.05, 4.69) is 47.9 Å². The zero-order valence-electron chi connectivity index (χ0n) is 18.8. The van der Waals surface area contributed by atoms with Gasteiger partial charge in [-0.2, -0.15) is 0 Å². The molecule has 5 heteroatoms. The van der Waals surface area contributed by atoms with Crippen molar-refractivity contribution in [1.29, 1.82) is 0 Å². The lowest BCUT2D eigenvalue weighted by atomic mass is 9.76. The number of carbonyl (C=O) groups is 2. The lowest BCUT2D eigenvalue weighted by Gasteiger charge is -2.39. The van der Waals surface area contributed by atoms with E-state index in [1.54, 1.807) is 0 Å². The largest absolute Gasteiger partial charge is 0.466 e. The van der Waals surface area contributed by atoms with Gasteiger partial charge in [0, 0.05) is 13.5 Å². The van der Waals surface area contributed by atoms with Crippen LogP contribution in [0.25, 0.3) is 0 Å². The average molecular weight is 442 g/mol. The van der Waals surface area contributed by atoms with Crippen molar-refractivity contribution in [2.24, 2.45) is 0 Å². The molecule has 1 fully saturated rings. The standard InChI is InChI=1S/C28H27NO4/c1-20(27(31)32-3)26(33-21(2)30)25-19-29(25)28(22-13-7-4-8-14-22,23-15-9-5-10-16-23)24-17-11-6-12-18-24/h4-18,25-26H,1,19H2,2-3H3/t25-,26?,29?/m0/s1. The predicted octanol–water partition coefficient (Wildman–Crippen LogP) is 4.32. The third-order valence-corrected chi connectivity index (χ3v) is 6.09. The molecule has 1 saturated heterocycles. The van der Waals surface area contributed by atoms with Crippen molar-refractivity contribution in [1.82, 2.24) is 4.90 Å². The smallest absolute Gasteiger partial charge is 0.336 e. The first kappa shape index (κ1) is 22.5. The van der Waals surface area contributed by atoms with Gasteiger partial charge in [0.25, 0.3) is 0 Å². The van der Waals surface area contributed by atoms with Gasteiger partial charge < -0.3 is 9.47 Å². The molecule has 0 N–H and O–H groups in total. The fourth-order valence-electron chi connectivity index (χ4n) is 4.64. The number of esters is 2. The van der Waals surface area contributed by atoms with Crippen LogP contribution in [0.1, 0.15) is 23.6 Å². The highest BCUT2D eigenvalue weighted by Gasteiger charge is 2.57. The molecule has 2 unspecified atom stereocenters. The summed E-state index contributed by atoms with van der Waals surface area (Å²) in [5, 5.41) is 0. The van der Waals surface area contributed by atoms with Gasteiger partial charge in [0.2, 0.25) is 0 Å². The van der Waals surface area contributed by atoms with Gasteiger partial charge in [-0.1, -0.05) is 97.6 Å². The molecule has 4 rings (SSSR count). The summed E-state index contributed by atoms with van der Waals surface area (Å²) in [6.07, 6.45) is -0.814. The van der Waals surface area contributed by atoms with Gasteiger partial charge in [-0.05, 0) is 16.7 Å². The number of benzene rings is 3. The number of nitrogens with zero attached hydrogens (tertiary/aromatic N) is 1. The third-order valence-electron chi connectivity index (χ3n) is 6.09. The van der Waals surface area contributed by atoms with Crippen molar-refractivity contribution in [3.05, 3.63) is 120 Å². The second kappa shape index (κ2) is 9.43. The summed E-state index contributed by atoms with van der Waals surface area (Å²) in [7, 11) is 1.30. The second-order valence-corrected chi connectivity index (χ2v) is 8.08. The Morgan fingerprint density at radius 1 is 0.879 bits per heavy atom. The Bertz CT molecular complexity index is 1030. The van der Waals surface area contributed by atoms with Crippen LogP contribution in [0, 0.1) is 0 Å². The Labute approximate surface area is 194 Å². The second-order valence-electron chi connectivity index (χ2n) is 8.08. The van der Waals surface area contributed by atoms with E-state index in [4.69, 9.17) is 9.47 Å². The van der Waals surface area contributed by atoms with Crippen molar-refractivity contribution in [3.8, 4) is 0 Å². The summed E-state index contributed by atoms with van der Waals surface area (Å²) in [6, 6.07) is 30.5. The molecule has 5 nitrogen and oxygen atoms in total. The van der Waals surface area contributed by atoms with Crippen LogP contribution in [-0.2, 0) is 24.6 Å². The molecule has 0 aliphatic carbocycles. The molecule has 0 radical (unpaired) electrons. The molecule has 3 atom stereocenters. The Hall–Kier alpha value is -3.70. The maximum absolute atomic E-state index is 12.3. The fourth-order valence-corrected chi connectivity index (χ4v) is 4.64. The molecule has 1 aliphatic heterocycles. The topological polar surface area (TPSA) is 55.6 Å². The van der Waals surface area contributed by atoms with Gasteiger partial charge >= 0.3 is 11.9 Å². The zero-order chi connectivity index (χ0) is 23.4. The van der Waals surface area contributed by atoms with Crippen molar-refractivity contribution in [2.45, 2.75) is 24.6 Å². The first-order chi connectivity index (χ1) is 16.0. The Morgan fingerprint density at radius 2 is 1.30 bits per heavy atom. The quantitative estimate of drug-likeness (QED) is 0.226. The first-order valence-corrected chi connectivity index (χ1v) is 10.9. The van der Waals surface area contributed by atoms with E-state index < -0.39 is 23.6 Å². The molecule has 1 heterocycles. The van der Waals surface area contributed by atoms with Crippen LogP contribution in [0.4, 0.5) is 0 Å². The summed E-state index contributed by atoms with van der Waals surface area (Å²) in [5.41, 5.74) is 2.72. The normalized spacial score (nSPS) is 18.1. The Morgan fingerprint density at radius 3 is 1.67 bits per heavy atom. The number of rotatable bonds is 8. The van der Waals surface area contributed by atoms with E-state index in [0.29, 0.717) is 6.54 Å². The van der Waals surface area contributed by atoms with E-state index in [-0.39, 0.29) is 11.6 Å². The maximum atomic E-state index is 12.3. The van der Waals surface area contributed by atoms with Crippen molar-refractivity contribution < 1.29 is 19.1 Å². The van der Waals surface area contributed by atoms with Crippen molar-refractivity contribution in [2.75, 3.05) is 13.7 Å². The van der Waals surface area contributed by atoms with Crippen LogP contribution >= 0.6 is 0 Å². The number of carbonyl (C=O) groups excluding carboxylic acids is 2. The molecular formula is C28H27NO4. The van der Waals surface area contributed by atoms with Crippen LogP contribution in [0.2, 0.25) is 0 Å². The van der Waals surface area contributed by atoms with Crippen LogP contribution < -0.4 is 0 Å². The van der Waals surface area contributed by atoms with Gasteiger partial charge in [-0.3, -0.25) is 9.69 Å². The number of methoxy groups -OCH3 is 1. The van der Waals surface area contributed by atoms with Gasteiger partial charge in [-0.15, -0.1) is 0 Å². The molecule has 0 saturated carbocycles. The summed E-state index contributed by atoms with van der Waals surface area (Å²) in [4.78, 5) is 26.5. The minimum atomic E-state index is -0.814. The number of hydrogen-bond donors (Lipinski definition) is 0. The molecule has 3 aromatic carbocycles. The van der Waals surface area contributed by atoms with E-state index in [0.717, 1.165) is 16.7 Å².